The van der Waals surface area contributed by atoms with Crippen molar-refractivity contribution in [2.75, 3.05) is 7.11 Å². The van der Waals surface area contributed by atoms with Crippen molar-refractivity contribution < 1.29 is 9.53 Å². The Morgan fingerprint density at radius 3 is 2.59 bits per heavy atom. The molecule has 144 valence electrons. The van der Waals surface area contributed by atoms with E-state index in [0.29, 0.717) is 17.0 Å². The smallest absolute Gasteiger partial charge is 0.271 e. The second-order valence-corrected chi connectivity index (χ2v) is 6.62. The Hall–Kier alpha value is -3.93. The average Bonchev–Trinajstić information content (AvgIpc) is 3.28. The lowest BCUT2D eigenvalue weighted by atomic mass is 10.1. The van der Waals surface area contributed by atoms with E-state index in [0.717, 1.165) is 22.2 Å². The van der Waals surface area contributed by atoms with Crippen LogP contribution in [0.3, 0.4) is 0 Å². The van der Waals surface area contributed by atoms with Crippen molar-refractivity contribution in [3.63, 3.8) is 0 Å². The van der Waals surface area contributed by atoms with Gasteiger partial charge in [-0.1, -0.05) is 11.6 Å². The molecule has 0 atom stereocenters. The van der Waals surface area contributed by atoms with E-state index in [1.165, 1.54) is 0 Å². The number of nitrogens with one attached hydrogen (secondary N) is 1. The van der Waals surface area contributed by atoms with Crippen molar-refractivity contribution in [2.45, 2.75) is 6.92 Å². The molecule has 4 rings (SSSR count). The number of carbonyl (C=O) groups is 1. The number of amides is 1. The van der Waals surface area contributed by atoms with Gasteiger partial charge in [-0.2, -0.15) is 5.10 Å². The van der Waals surface area contributed by atoms with Crippen LogP contribution < -0.4 is 10.2 Å². The molecule has 0 spiro atoms. The highest BCUT2D eigenvalue weighted by molar-refractivity contribution is 5.96. The Morgan fingerprint density at radius 1 is 1.10 bits per heavy atom. The maximum absolute atomic E-state index is 12.4. The van der Waals surface area contributed by atoms with Crippen LogP contribution in [0.4, 0.5) is 0 Å². The maximum Gasteiger partial charge on any atom is 0.271 e. The number of rotatable bonds is 5. The minimum absolute atomic E-state index is 0.288. The molecular weight excluding hydrogens is 364 g/mol. The van der Waals surface area contributed by atoms with Crippen molar-refractivity contribution in [3.8, 4) is 11.6 Å². The van der Waals surface area contributed by atoms with Gasteiger partial charge < -0.3 is 9.30 Å². The summed E-state index contributed by atoms with van der Waals surface area (Å²) in [6.45, 7) is 2.03. The molecule has 0 aliphatic rings. The predicted molar refractivity (Wildman–Crippen MR) is 114 cm³/mol. The Labute approximate surface area is 168 Å². The molecule has 0 aliphatic heterocycles. The van der Waals surface area contributed by atoms with Gasteiger partial charge in [0.15, 0.2) is 0 Å². The van der Waals surface area contributed by atoms with Crippen LogP contribution in [0.5, 0.6) is 5.88 Å². The summed E-state index contributed by atoms with van der Waals surface area (Å²) in [5.74, 6) is 0.166. The van der Waals surface area contributed by atoms with Gasteiger partial charge in [0.05, 0.1) is 24.4 Å². The lowest BCUT2D eigenvalue weighted by Crippen LogP contribution is -2.17. The molecule has 2 aromatic heterocycles. The van der Waals surface area contributed by atoms with Gasteiger partial charge in [-0.3, -0.25) is 4.79 Å². The maximum atomic E-state index is 12.4. The summed E-state index contributed by atoms with van der Waals surface area (Å²) >= 11 is 0. The van der Waals surface area contributed by atoms with E-state index in [1.807, 2.05) is 72.4 Å². The standard InChI is InChI=1S/C23H20N4O2/c1-16-5-10-21-18(13-16)14-19(23(25-21)29-2)15-24-26-22(28)17-6-8-20(9-7-17)27-11-3-4-12-27/h3-15H,1-2H3,(H,26,28)/b24-15+. The first-order valence-electron chi connectivity index (χ1n) is 9.16. The van der Waals surface area contributed by atoms with Gasteiger partial charge in [0.25, 0.3) is 5.91 Å². The molecule has 2 aromatic carbocycles. The predicted octanol–water partition coefficient (Wildman–Crippen LogP) is 4.11. The quantitative estimate of drug-likeness (QED) is 0.416. The first-order chi connectivity index (χ1) is 14.1. The molecule has 1 amide bonds. The molecule has 0 unspecified atom stereocenters. The van der Waals surface area contributed by atoms with Gasteiger partial charge in [-0.05, 0) is 61.5 Å². The number of hydrogen-bond donors (Lipinski definition) is 1. The number of aromatic nitrogens is 2. The fraction of sp³-hybridized carbons (Fsp3) is 0.0870. The van der Waals surface area contributed by atoms with Crippen LogP contribution in [0.1, 0.15) is 21.5 Å². The average molecular weight is 384 g/mol. The number of aryl methyl sites for hydroxylation is 1. The van der Waals surface area contributed by atoms with Crippen molar-refractivity contribution >= 4 is 23.0 Å². The molecular formula is C23H20N4O2. The van der Waals surface area contributed by atoms with Crippen LogP contribution in [-0.2, 0) is 0 Å². The third kappa shape index (κ3) is 4.01. The highest BCUT2D eigenvalue weighted by Gasteiger charge is 2.07. The molecule has 0 saturated carbocycles. The SMILES string of the molecule is COc1nc2ccc(C)cc2cc1/C=N/NC(=O)c1ccc(-n2cccc2)cc1. The molecule has 0 fully saturated rings. The first-order valence-corrected chi connectivity index (χ1v) is 9.16. The van der Waals surface area contributed by atoms with Gasteiger partial charge in [0, 0.05) is 29.0 Å². The molecule has 6 heteroatoms. The molecule has 0 saturated heterocycles. The van der Waals surface area contributed by atoms with Gasteiger partial charge in [-0.15, -0.1) is 0 Å². The van der Waals surface area contributed by atoms with E-state index < -0.39 is 0 Å². The zero-order valence-corrected chi connectivity index (χ0v) is 16.2. The first kappa shape index (κ1) is 18.4. The van der Waals surface area contributed by atoms with E-state index >= 15 is 0 Å². The lowest BCUT2D eigenvalue weighted by Gasteiger charge is -2.07. The van der Waals surface area contributed by atoms with E-state index in [9.17, 15) is 4.79 Å². The van der Waals surface area contributed by atoms with Crippen LogP contribution in [-0.4, -0.2) is 28.8 Å². The third-order valence-corrected chi connectivity index (χ3v) is 4.56. The molecule has 6 nitrogen and oxygen atoms in total. The molecule has 0 bridgehead atoms. The molecule has 29 heavy (non-hydrogen) atoms. The number of carbonyl (C=O) groups excluding carboxylic acids is 1. The summed E-state index contributed by atoms with van der Waals surface area (Å²) in [7, 11) is 1.56. The van der Waals surface area contributed by atoms with Gasteiger partial charge >= 0.3 is 0 Å². The Kier molecular flexibility index (Phi) is 5.07. The largest absolute Gasteiger partial charge is 0.481 e. The second kappa shape index (κ2) is 7.98. The highest BCUT2D eigenvalue weighted by Crippen LogP contribution is 2.21. The van der Waals surface area contributed by atoms with Crippen molar-refractivity contribution in [1.82, 2.24) is 15.0 Å². The van der Waals surface area contributed by atoms with Crippen LogP contribution >= 0.6 is 0 Å². The number of ether oxygens (including phenoxy) is 1. The van der Waals surface area contributed by atoms with E-state index in [1.54, 1.807) is 25.5 Å². The summed E-state index contributed by atoms with van der Waals surface area (Å²) in [5, 5.41) is 5.06. The normalized spacial score (nSPS) is 11.1. The van der Waals surface area contributed by atoms with Crippen LogP contribution in [0.2, 0.25) is 0 Å². The molecule has 4 aromatic rings. The van der Waals surface area contributed by atoms with Crippen molar-refractivity contribution in [3.05, 3.63) is 89.7 Å². The van der Waals surface area contributed by atoms with Gasteiger partial charge in [-0.25, -0.2) is 10.4 Å². The number of fused-ring (bicyclic) bond motifs is 1. The topological polar surface area (TPSA) is 68.5 Å². The van der Waals surface area contributed by atoms with E-state index in [4.69, 9.17) is 4.74 Å². The van der Waals surface area contributed by atoms with E-state index in [-0.39, 0.29) is 5.91 Å². The summed E-state index contributed by atoms with van der Waals surface area (Å²) in [5.41, 5.74) is 6.74. The minimum Gasteiger partial charge on any atom is -0.481 e. The summed E-state index contributed by atoms with van der Waals surface area (Å²) in [4.78, 5) is 16.9. The number of hydrazone groups is 1. The molecule has 2 heterocycles. The molecule has 0 radical (unpaired) electrons. The monoisotopic (exact) mass is 384 g/mol. The second-order valence-electron chi connectivity index (χ2n) is 6.62. The van der Waals surface area contributed by atoms with Gasteiger partial charge in [0.2, 0.25) is 5.88 Å². The lowest BCUT2D eigenvalue weighted by molar-refractivity contribution is 0.0955. The summed E-state index contributed by atoms with van der Waals surface area (Å²) in [6.07, 6.45) is 5.44. The Balaban J connectivity index is 1.50. The number of pyridine rings is 1. The molecule has 0 aliphatic carbocycles. The zero-order valence-electron chi connectivity index (χ0n) is 16.2. The number of hydrogen-bond acceptors (Lipinski definition) is 4. The van der Waals surface area contributed by atoms with Crippen molar-refractivity contribution in [1.29, 1.82) is 0 Å². The summed E-state index contributed by atoms with van der Waals surface area (Å²) in [6, 6.07) is 19.1. The third-order valence-electron chi connectivity index (χ3n) is 4.56. The number of methoxy groups -OCH3 is 1. The summed E-state index contributed by atoms with van der Waals surface area (Å²) < 4.78 is 7.33. The minimum atomic E-state index is -0.288. The van der Waals surface area contributed by atoms with E-state index in [2.05, 4.69) is 15.5 Å². The van der Waals surface area contributed by atoms with Crippen molar-refractivity contribution in [2.24, 2.45) is 5.10 Å². The molecule has 1 N–H and O–H groups in total. The van der Waals surface area contributed by atoms with Crippen LogP contribution in [0.25, 0.3) is 16.6 Å². The fourth-order valence-electron chi connectivity index (χ4n) is 3.07. The Bertz CT molecular complexity index is 1180. The van der Waals surface area contributed by atoms with Crippen LogP contribution in [0, 0.1) is 6.92 Å². The number of nitrogens with zero attached hydrogens (tertiary/aromatic N) is 3. The fourth-order valence-corrected chi connectivity index (χ4v) is 3.07. The highest BCUT2D eigenvalue weighted by atomic mass is 16.5. The van der Waals surface area contributed by atoms with Crippen LogP contribution in [0.15, 0.2) is 78.2 Å². The number of benzene rings is 2. The van der Waals surface area contributed by atoms with Gasteiger partial charge in [0.1, 0.15) is 0 Å². The zero-order chi connectivity index (χ0) is 20.2. The Morgan fingerprint density at radius 2 is 1.86 bits per heavy atom.